The van der Waals surface area contributed by atoms with Crippen LogP contribution >= 0.6 is 0 Å². The van der Waals surface area contributed by atoms with Crippen molar-refractivity contribution in [2.45, 2.75) is 39.3 Å². The largest absolute Gasteiger partial charge is 0.308 e. The van der Waals surface area contributed by atoms with E-state index < -0.39 is 0 Å². The number of hydrogen-bond acceptors (Lipinski definition) is 2. The maximum Gasteiger partial charge on any atom is 0.0518 e. The third-order valence-corrected chi connectivity index (χ3v) is 3.09. The van der Waals surface area contributed by atoms with E-state index in [9.17, 15) is 0 Å². The van der Waals surface area contributed by atoms with Crippen molar-refractivity contribution in [1.82, 2.24) is 15.1 Å². The van der Waals surface area contributed by atoms with Crippen LogP contribution in [-0.4, -0.2) is 15.8 Å². The Hall–Kier alpha value is -0.830. The first-order valence-corrected chi connectivity index (χ1v) is 5.27. The number of aryl methyl sites for hydroxylation is 1. The molecule has 1 fully saturated rings. The van der Waals surface area contributed by atoms with E-state index in [1.54, 1.807) is 0 Å². The number of rotatable bonds is 3. The average Bonchev–Trinajstić information content (AvgIpc) is 2.44. The molecule has 0 aliphatic heterocycles. The standard InChI is InChI=1S/C11H19N3/c1-11(2)6-9(7-11)12-8-10-4-5-13-14(10)3/h4-5,9,12H,6-8H2,1-3H3. The highest BCUT2D eigenvalue weighted by Gasteiger charge is 2.35. The highest BCUT2D eigenvalue weighted by atomic mass is 15.3. The van der Waals surface area contributed by atoms with Crippen molar-refractivity contribution in [2.24, 2.45) is 12.5 Å². The lowest BCUT2D eigenvalue weighted by Gasteiger charge is -2.43. The molecule has 0 bridgehead atoms. The number of hydrogen-bond donors (Lipinski definition) is 1. The van der Waals surface area contributed by atoms with Crippen LogP contribution in [0.1, 0.15) is 32.4 Å². The Bertz CT molecular complexity index is 306. The zero-order chi connectivity index (χ0) is 10.2. The van der Waals surface area contributed by atoms with Crippen LogP contribution in [0.25, 0.3) is 0 Å². The van der Waals surface area contributed by atoms with Gasteiger partial charge in [0.25, 0.3) is 0 Å². The van der Waals surface area contributed by atoms with E-state index in [2.05, 4.69) is 30.3 Å². The van der Waals surface area contributed by atoms with E-state index in [0.29, 0.717) is 11.5 Å². The predicted molar refractivity (Wildman–Crippen MR) is 56.9 cm³/mol. The summed E-state index contributed by atoms with van der Waals surface area (Å²) in [6.45, 7) is 5.60. The summed E-state index contributed by atoms with van der Waals surface area (Å²) < 4.78 is 1.93. The predicted octanol–water partition coefficient (Wildman–Crippen LogP) is 1.70. The maximum atomic E-state index is 4.14. The van der Waals surface area contributed by atoms with Crippen LogP contribution in [0.2, 0.25) is 0 Å². The van der Waals surface area contributed by atoms with Crippen molar-refractivity contribution in [1.29, 1.82) is 0 Å². The smallest absolute Gasteiger partial charge is 0.0518 e. The molecule has 0 saturated heterocycles. The van der Waals surface area contributed by atoms with E-state index in [-0.39, 0.29) is 0 Å². The summed E-state index contributed by atoms with van der Waals surface area (Å²) in [6.07, 6.45) is 4.44. The van der Waals surface area contributed by atoms with Crippen LogP contribution in [0.3, 0.4) is 0 Å². The van der Waals surface area contributed by atoms with Crippen LogP contribution in [0.15, 0.2) is 12.3 Å². The lowest BCUT2D eigenvalue weighted by molar-refractivity contribution is 0.125. The Morgan fingerprint density at radius 1 is 1.57 bits per heavy atom. The normalized spacial score (nSPS) is 20.8. The van der Waals surface area contributed by atoms with Gasteiger partial charge in [-0.05, 0) is 24.3 Å². The lowest BCUT2D eigenvalue weighted by Crippen LogP contribution is -2.45. The summed E-state index contributed by atoms with van der Waals surface area (Å²) in [7, 11) is 1.99. The van der Waals surface area contributed by atoms with Gasteiger partial charge in [-0.2, -0.15) is 5.10 Å². The van der Waals surface area contributed by atoms with Gasteiger partial charge in [-0.25, -0.2) is 0 Å². The Morgan fingerprint density at radius 2 is 2.29 bits per heavy atom. The zero-order valence-electron chi connectivity index (χ0n) is 9.25. The van der Waals surface area contributed by atoms with Crippen molar-refractivity contribution in [2.75, 3.05) is 0 Å². The fraction of sp³-hybridized carbons (Fsp3) is 0.727. The lowest BCUT2D eigenvalue weighted by atomic mass is 9.68. The molecule has 0 radical (unpaired) electrons. The number of nitrogens with zero attached hydrogens (tertiary/aromatic N) is 2. The summed E-state index contributed by atoms with van der Waals surface area (Å²) >= 11 is 0. The SMILES string of the molecule is Cn1nccc1CNC1CC(C)(C)C1. The zero-order valence-corrected chi connectivity index (χ0v) is 9.25. The molecule has 1 aliphatic carbocycles. The molecule has 0 spiro atoms. The fourth-order valence-electron chi connectivity index (χ4n) is 2.24. The van der Waals surface area contributed by atoms with Gasteiger partial charge in [-0.1, -0.05) is 13.8 Å². The van der Waals surface area contributed by atoms with Gasteiger partial charge in [-0.15, -0.1) is 0 Å². The number of aromatic nitrogens is 2. The molecule has 1 aromatic rings. The highest BCUT2D eigenvalue weighted by molar-refractivity contribution is 5.01. The third-order valence-electron chi connectivity index (χ3n) is 3.09. The van der Waals surface area contributed by atoms with Crippen molar-refractivity contribution >= 4 is 0 Å². The van der Waals surface area contributed by atoms with Crippen LogP contribution in [-0.2, 0) is 13.6 Å². The molecule has 2 rings (SSSR count). The first kappa shape index (κ1) is 9.71. The molecule has 78 valence electrons. The summed E-state index contributed by atoms with van der Waals surface area (Å²) in [4.78, 5) is 0. The molecular formula is C11H19N3. The van der Waals surface area contributed by atoms with Gasteiger partial charge in [0, 0.05) is 25.8 Å². The second-order valence-electron chi connectivity index (χ2n) is 5.10. The molecule has 0 amide bonds. The van der Waals surface area contributed by atoms with E-state index in [4.69, 9.17) is 0 Å². The third kappa shape index (κ3) is 1.98. The van der Waals surface area contributed by atoms with E-state index in [1.807, 2.05) is 17.9 Å². The minimum Gasteiger partial charge on any atom is -0.308 e. The van der Waals surface area contributed by atoms with Crippen LogP contribution in [0.5, 0.6) is 0 Å². The van der Waals surface area contributed by atoms with Gasteiger partial charge < -0.3 is 5.32 Å². The van der Waals surface area contributed by atoms with Gasteiger partial charge in [-0.3, -0.25) is 4.68 Å². The minimum absolute atomic E-state index is 0.560. The summed E-state index contributed by atoms with van der Waals surface area (Å²) in [5, 5.41) is 7.70. The van der Waals surface area contributed by atoms with Gasteiger partial charge in [0.15, 0.2) is 0 Å². The topological polar surface area (TPSA) is 29.9 Å². The van der Waals surface area contributed by atoms with Gasteiger partial charge in [0.1, 0.15) is 0 Å². The Kier molecular flexibility index (Phi) is 2.35. The van der Waals surface area contributed by atoms with E-state index in [1.165, 1.54) is 18.5 Å². The molecular weight excluding hydrogens is 174 g/mol. The molecule has 0 atom stereocenters. The molecule has 1 N–H and O–H groups in total. The quantitative estimate of drug-likeness (QED) is 0.792. The molecule has 3 nitrogen and oxygen atoms in total. The van der Waals surface area contributed by atoms with Crippen molar-refractivity contribution in [3.05, 3.63) is 18.0 Å². The Labute approximate surface area is 85.5 Å². The molecule has 1 aliphatic rings. The molecule has 1 saturated carbocycles. The first-order valence-electron chi connectivity index (χ1n) is 5.27. The molecule has 1 aromatic heterocycles. The summed E-state index contributed by atoms with van der Waals surface area (Å²) in [5.41, 5.74) is 1.82. The van der Waals surface area contributed by atoms with Gasteiger partial charge in [0.2, 0.25) is 0 Å². The molecule has 0 unspecified atom stereocenters. The van der Waals surface area contributed by atoms with Crippen LogP contribution in [0, 0.1) is 5.41 Å². The number of nitrogens with one attached hydrogen (secondary N) is 1. The first-order chi connectivity index (χ1) is 6.57. The molecule has 14 heavy (non-hydrogen) atoms. The molecule has 1 heterocycles. The fourth-order valence-corrected chi connectivity index (χ4v) is 2.24. The molecule has 0 aromatic carbocycles. The maximum absolute atomic E-state index is 4.14. The van der Waals surface area contributed by atoms with Crippen molar-refractivity contribution in [3.63, 3.8) is 0 Å². The minimum atomic E-state index is 0.560. The second kappa shape index (κ2) is 3.39. The van der Waals surface area contributed by atoms with E-state index >= 15 is 0 Å². The molecule has 3 heteroatoms. The van der Waals surface area contributed by atoms with Crippen molar-refractivity contribution in [3.8, 4) is 0 Å². The Balaban J connectivity index is 1.77. The van der Waals surface area contributed by atoms with E-state index in [0.717, 1.165) is 6.54 Å². The summed E-state index contributed by atoms with van der Waals surface area (Å²) in [5.74, 6) is 0. The van der Waals surface area contributed by atoms with Gasteiger partial charge >= 0.3 is 0 Å². The van der Waals surface area contributed by atoms with Crippen molar-refractivity contribution < 1.29 is 0 Å². The average molecular weight is 193 g/mol. The monoisotopic (exact) mass is 193 g/mol. The second-order valence-corrected chi connectivity index (χ2v) is 5.10. The van der Waals surface area contributed by atoms with Crippen LogP contribution in [0.4, 0.5) is 0 Å². The Morgan fingerprint density at radius 3 is 2.79 bits per heavy atom. The summed E-state index contributed by atoms with van der Waals surface area (Å²) in [6, 6.07) is 2.77. The highest BCUT2D eigenvalue weighted by Crippen LogP contribution is 2.39. The van der Waals surface area contributed by atoms with Crippen LogP contribution < -0.4 is 5.32 Å². The van der Waals surface area contributed by atoms with Gasteiger partial charge in [0.05, 0.1) is 5.69 Å².